The molecule has 0 aromatic heterocycles. The van der Waals surface area contributed by atoms with Crippen LogP contribution < -0.4 is 0 Å². The first-order chi connectivity index (χ1) is 7.49. The monoisotopic (exact) mass is 243 g/mol. The van der Waals surface area contributed by atoms with Gasteiger partial charge >= 0.3 is 5.97 Å². The minimum Gasteiger partial charge on any atom is -0.480 e. The maximum Gasteiger partial charge on any atom is 0.326 e. The van der Waals surface area contributed by atoms with Gasteiger partial charge in [0.2, 0.25) is 5.91 Å². The zero-order valence-electron chi connectivity index (χ0n) is 9.71. The van der Waals surface area contributed by atoms with E-state index in [0.29, 0.717) is 6.42 Å². The number of rotatable bonds is 4. The third kappa shape index (κ3) is 2.58. The van der Waals surface area contributed by atoms with E-state index in [1.807, 2.05) is 13.8 Å². The Hall–Kier alpha value is -0.970. The summed E-state index contributed by atoms with van der Waals surface area (Å²) in [5, 5.41) is 10.7. The number of carboxylic acid groups (broad SMARTS) is 1. The van der Waals surface area contributed by atoms with Gasteiger partial charge in [0.05, 0.1) is 5.25 Å². The summed E-state index contributed by atoms with van der Waals surface area (Å²) in [6.07, 6.45) is 2.00. The summed E-state index contributed by atoms with van der Waals surface area (Å²) in [6.45, 7) is 5.70. The summed E-state index contributed by atoms with van der Waals surface area (Å²) in [5.74, 6) is -0.845. The smallest absolute Gasteiger partial charge is 0.326 e. The van der Waals surface area contributed by atoms with Crippen LogP contribution in [0.15, 0.2) is 11.6 Å². The number of hydrogen-bond acceptors (Lipinski definition) is 3. The maximum absolute atomic E-state index is 12.1. The lowest BCUT2D eigenvalue weighted by molar-refractivity contribution is -0.148. The molecule has 1 aliphatic rings. The molecule has 0 fully saturated rings. The quantitative estimate of drug-likeness (QED) is 0.819. The Balaban J connectivity index is 2.89. The van der Waals surface area contributed by atoms with Crippen molar-refractivity contribution in [1.82, 2.24) is 4.90 Å². The van der Waals surface area contributed by atoms with Gasteiger partial charge in [-0.1, -0.05) is 20.8 Å². The van der Waals surface area contributed by atoms with E-state index in [1.165, 1.54) is 16.7 Å². The topological polar surface area (TPSA) is 57.6 Å². The predicted molar refractivity (Wildman–Crippen MR) is 63.9 cm³/mol. The zero-order valence-corrected chi connectivity index (χ0v) is 10.5. The molecule has 0 aromatic rings. The van der Waals surface area contributed by atoms with E-state index in [0.717, 1.165) is 0 Å². The molecule has 0 radical (unpaired) electrons. The van der Waals surface area contributed by atoms with Crippen molar-refractivity contribution in [3.63, 3.8) is 0 Å². The standard InChI is InChI=1S/C11H17NO3S/c1-4-8(11(14)15)12-5-6-16-9(7(2)3)10(12)13/h5-9H,4H2,1-3H3,(H,14,15). The summed E-state index contributed by atoms with van der Waals surface area (Å²) < 4.78 is 0. The van der Waals surface area contributed by atoms with E-state index in [9.17, 15) is 9.59 Å². The molecule has 1 N–H and O–H groups in total. The largest absolute Gasteiger partial charge is 0.480 e. The van der Waals surface area contributed by atoms with Gasteiger partial charge in [0.15, 0.2) is 0 Å². The lowest BCUT2D eigenvalue weighted by Crippen LogP contribution is -2.47. The van der Waals surface area contributed by atoms with Crippen molar-refractivity contribution in [2.75, 3.05) is 0 Å². The lowest BCUT2D eigenvalue weighted by Gasteiger charge is -2.32. The van der Waals surface area contributed by atoms with E-state index in [-0.39, 0.29) is 17.1 Å². The Morgan fingerprint density at radius 3 is 2.69 bits per heavy atom. The van der Waals surface area contributed by atoms with Crippen LogP contribution in [0.25, 0.3) is 0 Å². The van der Waals surface area contributed by atoms with Gasteiger partial charge < -0.3 is 10.0 Å². The van der Waals surface area contributed by atoms with Gasteiger partial charge in [0, 0.05) is 6.20 Å². The number of thioether (sulfide) groups is 1. The van der Waals surface area contributed by atoms with Gasteiger partial charge in [-0.05, 0) is 17.7 Å². The van der Waals surface area contributed by atoms with Crippen molar-refractivity contribution in [1.29, 1.82) is 0 Å². The van der Waals surface area contributed by atoms with Gasteiger partial charge in [-0.15, -0.1) is 11.8 Å². The highest BCUT2D eigenvalue weighted by atomic mass is 32.2. The maximum atomic E-state index is 12.1. The minimum absolute atomic E-state index is 0.100. The van der Waals surface area contributed by atoms with Crippen molar-refractivity contribution >= 4 is 23.6 Å². The third-order valence-corrected chi connectivity index (χ3v) is 3.88. The number of aliphatic carboxylic acids is 1. The second kappa shape index (κ2) is 5.39. The highest BCUT2D eigenvalue weighted by Gasteiger charge is 2.35. The summed E-state index contributed by atoms with van der Waals surface area (Å²) in [7, 11) is 0. The van der Waals surface area contributed by atoms with Gasteiger partial charge in [-0.2, -0.15) is 0 Å². The van der Waals surface area contributed by atoms with Crippen LogP contribution in [0.3, 0.4) is 0 Å². The first kappa shape index (κ1) is 13.1. The van der Waals surface area contributed by atoms with Crippen LogP contribution in [0.5, 0.6) is 0 Å². The van der Waals surface area contributed by atoms with Crippen molar-refractivity contribution in [3.8, 4) is 0 Å². The Kier molecular flexibility index (Phi) is 4.41. The average molecular weight is 243 g/mol. The molecule has 0 aliphatic carbocycles. The van der Waals surface area contributed by atoms with Crippen LogP contribution in [0.4, 0.5) is 0 Å². The molecule has 0 bridgehead atoms. The van der Waals surface area contributed by atoms with Crippen LogP contribution in [0.2, 0.25) is 0 Å². The number of carbonyl (C=O) groups excluding carboxylic acids is 1. The van der Waals surface area contributed by atoms with E-state index >= 15 is 0 Å². The first-order valence-electron chi connectivity index (χ1n) is 5.36. The fraction of sp³-hybridized carbons (Fsp3) is 0.636. The Bertz CT molecular complexity index is 314. The average Bonchev–Trinajstić information content (AvgIpc) is 2.20. The molecule has 0 spiro atoms. The highest BCUT2D eigenvalue weighted by molar-refractivity contribution is 8.03. The Labute approximate surface area is 99.7 Å². The molecule has 0 aromatic carbocycles. The fourth-order valence-electron chi connectivity index (χ4n) is 1.65. The van der Waals surface area contributed by atoms with E-state index < -0.39 is 12.0 Å². The molecule has 90 valence electrons. The summed E-state index contributed by atoms with van der Waals surface area (Å²) in [6, 6.07) is -0.745. The third-order valence-electron chi connectivity index (χ3n) is 2.56. The molecule has 5 heteroatoms. The zero-order chi connectivity index (χ0) is 12.3. The normalized spacial score (nSPS) is 22.6. The number of carboxylic acids is 1. The van der Waals surface area contributed by atoms with Crippen molar-refractivity contribution in [2.24, 2.45) is 5.92 Å². The second-order valence-electron chi connectivity index (χ2n) is 4.09. The van der Waals surface area contributed by atoms with Gasteiger partial charge in [-0.3, -0.25) is 4.79 Å². The lowest BCUT2D eigenvalue weighted by atomic mass is 10.1. The molecule has 1 heterocycles. The van der Waals surface area contributed by atoms with Gasteiger partial charge in [0.1, 0.15) is 6.04 Å². The van der Waals surface area contributed by atoms with E-state index in [2.05, 4.69) is 0 Å². The molecule has 16 heavy (non-hydrogen) atoms. The number of amides is 1. The highest BCUT2D eigenvalue weighted by Crippen LogP contribution is 2.28. The second-order valence-corrected chi connectivity index (χ2v) is 5.15. The number of nitrogens with zero attached hydrogens (tertiary/aromatic N) is 1. The number of hydrogen-bond donors (Lipinski definition) is 1. The Morgan fingerprint density at radius 1 is 1.62 bits per heavy atom. The van der Waals surface area contributed by atoms with Crippen molar-refractivity contribution in [2.45, 2.75) is 38.5 Å². The van der Waals surface area contributed by atoms with Crippen molar-refractivity contribution < 1.29 is 14.7 Å². The van der Waals surface area contributed by atoms with Crippen LogP contribution in [-0.2, 0) is 9.59 Å². The summed E-state index contributed by atoms with van der Waals surface area (Å²) in [5.41, 5.74) is 0. The van der Waals surface area contributed by atoms with Gasteiger partial charge in [0.25, 0.3) is 0 Å². The molecule has 0 saturated carbocycles. The van der Waals surface area contributed by atoms with Crippen LogP contribution in [-0.4, -0.2) is 33.2 Å². The van der Waals surface area contributed by atoms with Crippen LogP contribution in [0, 0.1) is 5.92 Å². The fourth-order valence-corrected chi connectivity index (χ4v) is 2.58. The number of carbonyl (C=O) groups is 2. The summed E-state index contributed by atoms with van der Waals surface area (Å²) >= 11 is 1.46. The molecule has 1 amide bonds. The molecule has 2 unspecified atom stereocenters. The molecular formula is C11H17NO3S. The van der Waals surface area contributed by atoms with Crippen molar-refractivity contribution in [3.05, 3.63) is 11.6 Å². The predicted octanol–water partition coefficient (Wildman–Crippen LogP) is 1.92. The molecule has 0 saturated heterocycles. The molecule has 1 aliphatic heterocycles. The van der Waals surface area contributed by atoms with Crippen LogP contribution >= 0.6 is 11.8 Å². The van der Waals surface area contributed by atoms with Crippen LogP contribution in [0.1, 0.15) is 27.2 Å². The summed E-state index contributed by atoms with van der Waals surface area (Å²) in [4.78, 5) is 24.4. The SMILES string of the molecule is CCC(C(=O)O)N1C=CSC(C(C)C)C1=O. The minimum atomic E-state index is -0.949. The molecular weight excluding hydrogens is 226 g/mol. The molecule has 1 rings (SSSR count). The first-order valence-corrected chi connectivity index (χ1v) is 6.30. The Morgan fingerprint density at radius 2 is 2.25 bits per heavy atom. The van der Waals surface area contributed by atoms with Gasteiger partial charge in [-0.25, -0.2) is 4.79 Å². The molecule has 4 nitrogen and oxygen atoms in total. The molecule has 2 atom stereocenters. The van der Waals surface area contributed by atoms with E-state index in [4.69, 9.17) is 5.11 Å². The van der Waals surface area contributed by atoms with E-state index in [1.54, 1.807) is 18.5 Å².